The fraction of sp³-hybridized carbons (Fsp3) is 0.412. The lowest BCUT2D eigenvalue weighted by molar-refractivity contribution is -0.139. The molecular formula is C17H21NO3. The zero-order valence-electron chi connectivity index (χ0n) is 13.0. The zero-order valence-corrected chi connectivity index (χ0v) is 13.0. The number of esters is 1. The number of carbonyl (C=O) groups excluding carboxylic acids is 1. The van der Waals surface area contributed by atoms with Gasteiger partial charge in [0.2, 0.25) is 0 Å². The molecule has 0 unspecified atom stereocenters. The third-order valence-electron chi connectivity index (χ3n) is 3.14. The molecule has 2 aromatic rings. The number of ether oxygens (including phenoxy) is 2. The molecule has 4 nitrogen and oxygen atoms in total. The number of aryl methyl sites for hydroxylation is 1. The van der Waals surface area contributed by atoms with Crippen LogP contribution < -0.4 is 4.74 Å². The minimum absolute atomic E-state index is 0.240. The van der Waals surface area contributed by atoms with Crippen molar-refractivity contribution < 1.29 is 14.3 Å². The maximum atomic E-state index is 11.6. The van der Waals surface area contributed by atoms with E-state index in [0.29, 0.717) is 12.5 Å². The summed E-state index contributed by atoms with van der Waals surface area (Å²) in [4.78, 5) is 16.1. The van der Waals surface area contributed by atoms with Gasteiger partial charge < -0.3 is 9.47 Å². The summed E-state index contributed by atoms with van der Waals surface area (Å²) in [5.74, 6) is 1.01. The van der Waals surface area contributed by atoms with E-state index in [2.05, 4.69) is 18.8 Å². The van der Waals surface area contributed by atoms with Crippen LogP contribution in [0.3, 0.4) is 0 Å². The predicted octanol–water partition coefficient (Wildman–Crippen LogP) is 3.29. The first kappa shape index (κ1) is 15.3. The van der Waals surface area contributed by atoms with E-state index in [1.165, 1.54) is 7.11 Å². The summed E-state index contributed by atoms with van der Waals surface area (Å²) < 4.78 is 10.5. The number of hydrogen-bond acceptors (Lipinski definition) is 4. The molecule has 1 heterocycles. The van der Waals surface area contributed by atoms with Crippen molar-refractivity contribution in [3.63, 3.8) is 0 Å². The molecule has 1 aromatic heterocycles. The van der Waals surface area contributed by atoms with Crippen LogP contribution >= 0.6 is 0 Å². The van der Waals surface area contributed by atoms with Crippen molar-refractivity contribution in [3.8, 4) is 5.75 Å². The molecule has 0 radical (unpaired) electrons. The van der Waals surface area contributed by atoms with Crippen molar-refractivity contribution in [1.29, 1.82) is 0 Å². The smallest absolute Gasteiger partial charge is 0.310 e. The molecule has 2 rings (SSSR count). The Balaban J connectivity index is 2.40. The normalized spacial score (nSPS) is 10.9. The molecule has 0 atom stereocenters. The summed E-state index contributed by atoms with van der Waals surface area (Å²) in [6, 6.07) is 7.71. The zero-order chi connectivity index (χ0) is 15.4. The van der Waals surface area contributed by atoms with Crippen LogP contribution in [-0.2, 0) is 16.0 Å². The first-order valence-electron chi connectivity index (χ1n) is 7.09. The topological polar surface area (TPSA) is 48.4 Å². The highest BCUT2D eigenvalue weighted by Gasteiger charge is 2.10. The van der Waals surface area contributed by atoms with E-state index in [-0.39, 0.29) is 12.4 Å². The molecular weight excluding hydrogens is 266 g/mol. The molecule has 112 valence electrons. The Morgan fingerprint density at radius 2 is 2.05 bits per heavy atom. The second-order valence-electron chi connectivity index (χ2n) is 5.56. The van der Waals surface area contributed by atoms with Crippen LogP contribution in [0.25, 0.3) is 10.9 Å². The van der Waals surface area contributed by atoms with Gasteiger partial charge in [-0.05, 0) is 42.7 Å². The molecule has 4 heteroatoms. The van der Waals surface area contributed by atoms with Gasteiger partial charge in [0, 0.05) is 11.1 Å². The first-order chi connectivity index (χ1) is 9.99. The average molecular weight is 287 g/mol. The van der Waals surface area contributed by atoms with Gasteiger partial charge in [0.1, 0.15) is 5.75 Å². The quantitative estimate of drug-likeness (QED) is 0.792. The highest BCUT2D eigenvalue weighted by molar-refractivity contribution is 5.87. The predicted molar refractivity (Wildman–Crippen MR) is 82.5 cm³/mol. The lowest BCUT2D eigenvalue weighted by Crippen LogP contribution is -2.07. The molecule has 0 N–H and O–H groups in total. The van der Waals surface area contributed by atoms with E-state index in [9.17, 15) is 4.79 Å². The van der Waals surface area contributed by atoms with Crippen LogP contribution in [0.1, 0.15) is 25.1 Å². The van der Waals surface area contributed by atoms with Crippen LogP contribution in [0.4, 0.5) is 0 Å². The standard InChI is InChI=1S/C17H21NO3/c1-11(2)10-21-14-5-6-16-15(9-14)13(7-12(3)18-16)8-17(19)20-4/h5-7,9,11H,8,10H2,1-4H3. The Morgan fingerprint density at radius 3 is 2.71 bits per heavy atom. The van der Waals surface area contributed by atoms with E-state index < -0.39 is 0 Å². The van der Waals surface area contributed by atoms with Gasteiger partial charge in [0.25, 0.3) is 0 Å². The number of nitrogens with zero attached hydrogens (tertiary/aromatic N) is 1. The van der Waals surface area contributed by atoms with Crippen molar-refractivity contribution in [1.82, 2.24) is 4.98 Å². The fourth-order valence-corrected chi connectivity index (χ4v) is 2.15. The summed E-state index contributed by atoms with van der Waals surface area (Å²) >= 11 is 0. The molecule has 0 aliphatic carbocycles. The number of hydrogen-bond donors (Lipinski definition) is 0. The summed E-state index contributed by atoms with van der Waals surface area (Å²) in [7, 11) is 1.40. The third kappa shape index (κ3) is 3.94. The van der Waals surface area contributed by atoms with Gasteiger partial charge >= 0.3 is 5.97 Å². The van der Waals surface area contributed by atoms with Crippen LogP contribution in [0.15, 0.2) is 24.3 Å². The van der Waals surface area contributed by atoms with Crippen LogP contribution in [0, 0.1) is 12.8 Å². The number of fused-ring (bicyclic) bond motifs is 1. The molecule has 1 aromatic carbocycles. The molecule has 0 aliphatic heterocycles. The molecule has 0 spiro atoms. The largest absolute Gasteiger partial charge is 0.493 e. The molecule has 21 heavy (non-hydrogen) atoms. The van der Waals surface area contributed by atoms with E-state index in [1.54, 1.807) is 0 Å². The van der Waals surface area contributed by atoms with Gasteiger partial charge in [-0.15, -0.1) is 0 Å². The van der Waals surface area contributed by atoms with E-state index >= 15 is 0 Å². The number of pyridine rings is 1. The minimum atomic E-state index is -0.254. The molecule has 0 aliphatic rings. The van der Waals surface area contributed by atoms with Crippen molar-refractivity contribution >= 4 is 16.9 Å². The summed E-state index contributed by atoms with van der Waals surface area (Å²) in [6.07, 6.45) is 0.240. The highest BCUT2D eigenvalue weighted by atomic mass is 16.5. The number of methoxy groups -OCH3 is 1. The third-order valence-corrected chi connectivity index (χ3v) is 3.14. The SMILES string of the molecule is COC(=O)Cc1cc(C)nc2ccc(OCC(C)C)cc12. The maximum absolute atomic E-state index is 11.6. The van der Waals surface area contributed by atoms with Gasteiger partial charge in [-0.25, -0.2) is 0 Å². The van der Waals surface area contributed by atoms with Crippen molar-refractivity contribution in [2.75, 3.05) is 13.7 Å². The number of benzene rings is 1. The molecule has 0 saturated heterocycles. The Morgan fingerprint density at radius 1 is 1.29 bits per heavy atom. The fourth-order valence-electron chi connectivity index (χ4n) is 2.15. The Kier molecular flexibility index (Phi) is 4.78. The van der Waals surface area contributed by atoms with Crippen LogP contribution in [0.5, 0.6) is 5.75 Å². The average Bonchev–Trinajstić information content (AvgIpc) is 2.44. The van der Waals surface area contributed by atoms with Crippen LogP contribution in [-0.4, -0.2) is 24.7 Å². The van der Waals surface area contributed by atoms with Gasteiger partial charge in [-0.2, -0.15) is 0 Å². The van der Waals surface area contributed by atoms with E-state index in [4.69, 9.17) is 9.47 Å². The molecule has 0 bridgehead atoms. The Bertz CT molecular complexity index is 650. The first-order valence-corrected chi connectivity index (χ1v) is 7.09. The van der Waals surface area contributed by atoms with Crippen molar-refractivity contribution in [3.05, 3.63) is 35.5 Å². The molecule has 0 fully saturated rings. The second kappa shape index (κ2) is 6.57. The highest BCUT2D eigenvalue weighted by Crippen LogP contribution is 2.24. The van der Waals surface area contributed by atoms with Gasteiger partial charge in [0.05, 0.1) is 25.7 Å². The lowest BCUT2D eigenvalue weighted by atomic mass is 10.0. The van der Waals surface area contributed by atoms with Gasteiger partial charge in [-0.3, -0.25) is 9.78 Å². The van der Waals surface area contributed by atoms with Gasteiger partial charge in [-0.1, -0.05) is 13.8 Å². The van der Waals surface area contributed by atoms with Gasteiger partial charge in [0.15, 0.2) is 0 Å². The van der Waals surface area contributed by atoms with E-state index in [0.717, 1.165) is 27.9 Å². The maximum Gasteiger partial charge on any atom is 0.310 e. The Hall–Kier alpha value is -2.10. The molecule has 0 saturated carbocycles. The van der Waals surface area contributed by atoms with Crippen LogP contribution in [0.2, 0.25) is 0 Å². The number of aromatic nitrogens is 1. The Labute approximate surface area is 125 Å². The number of rotatable bonds is 5. The van der Waals surface area contributed by atoms with E-state index in [1.807, 2.05) is 31.2 Å². The summed E-state index contributed by atoms with van der Waals surface area (Å²) in [5.41, 5.74) is 2.67. The molecule has 0 amide bonds. The summed E-state index contributed by atoms with van der Waals surface area (Å²) in [6.45, 7) is 6.80. The monoisotopic (exact) mass is 287 g/mol. The second-order valence-corrected chi connectivity index (χ2v) is 5.56. The number of carbonyl (C=O) groups is 1. The summed E-state index contributed by atoms with van der Waals surface area (Å²) in [5, 5.41) is 0.937. The van der Waals surface area contributed by atoms with Crippen molar-refractivity contribution in [2.45, 2.75) is 27.2 Å². The lowest BCUT2D eigenvalue weighted by Gasteiger charge is -2.11. The van der Waals surface area contributed by atoms with Crippen molar-refractivity contribution in [2.24, 2.45) is 5.92 Å². The minimum Gasteiger partial charge on any atom is -0.493 e.